The minimum Gasteiger partial charge on any atom is -0.451 e. The third-order valence-electron chi connectivity index (χ3n) is 4.70. The first kappa shape index (κ1) is 19.9. The number of hydrogen-bond acceptors (Lipinski definition) is 5. The fourth-order valence-electron chi connectivity index (χ4n) is 3.22. The Kier molecular flexibility index (Phi) is 5.60. The highest BCUT2D eigenvalue weighted by Gasteiger charge is 2.28. The van der Waals surface area contributed by atoms with Crippen LogP contribution in [0.15, 0.2) is 57.8 Å². The Morgan fingerprint density at radius 2 is 1.86 bits per heavy atom. The molecule has 29 heavy (non-hydrogen) atoms. The van der Waals surface area contributed by atoms with Crippen LogP contribution in [0.5, 0.6) is 0 Å². The quantitative estimate of drug-likeness (QED) is 0.666. The Hall–Kier alpha value is -2.39. The minimum atomic E-state index is -3.67. The van der Waals surface area contributed by atoms with Crippen molar-refractivity contribution >= 4 is 38.5 Å². The zero-order valence-electron chi connectivity index (χ0n) is 15.4. The maximum atomic E-state index is 13.0. The monoisotopic (exact) mass is 434 g/mol. The number of carbonyl (C=O) groups is 1. The first-order chi connectivity index (χ1) is 13.9. The molecule has 1 aliphatic heterocycles. The van der Waals surface area contributed by atoms with Gasteiger partial charge in [0.1, 0.15) is 5.58 Å². The van der Waals surface area contributed by atoms with Gasteiger partial charge in [0, 0.05) is 30.0 Å². The number of furan rings is 1. The van der Waals surface area contributed by atoms with Gasteiger partial charge in [-0.25, -0.2) is 8.42 Å². The van der Waals surface area contributed by atoms with Gasteiger partial charge in [-0.2, -0.15) is 4.31 Å². The third kappa shape index (κ3) is 4.16. The van der Waals surface area contributed by atoms with Crippen LogP contribution >= 0.6 is 11.6 Å². The Morgan fingerprint density at radius 1 is 1.10 bits per heavy atom. The third-order valence-corrected chi connectivity index (χ3v) is 6.94. The Balaban J connectivity index is 1.53. The summed E-state index contributed by atoms with van der Waals surface area (Å²) < 4.78 is 38.2. The van der Waals surface area contributed by atoms with E-state index in [9.17, 15) is 13.2 Å². The van der Waals surface area contributed by atoms with Crippen LogP contribution in [-0.2, 0) is 21.3 Å². The zero-order valence-corrected chi connectivity index (χ0v) is 17.0. The molecule has 4 rings (SSSR count). The standard InChI is InChI=1S/C20H19ClN2O5S/c21-16-5-6-17-15(11-16)12-18(28-17)20(24)22-13-14-3-1-2-4-19(14)29(25,26)23-7-9-27-10-8-23/h1-6,11-12H,7-10,13H2,(H,22,24). The van der Waals surface area contributed by atoms with Gasteiger partial charge in [0.25, 0.3) is 5.91 Å². The van der Waals surface area contributed by atoms with E-state index in [4.69, 9.17) is 20.8 Å². The van der Waals surface area contributed by atoms with E-state index in [1.54, 1.807) is 48.5 Å². The van der Waals surface area contributed by atoms with Crippen LogP contribution in [0.25, 0.3) is 11.0 Å². The van der Waals surface area contributed by atoms with Crippen molar-refractivity contribution in [3.8, 4) is 0 Å². The van der Waals surface area contributed by atoms with Crippen LogP contribution < -0.4 is 5.32 Å². The van der Waals surface area contributed by atoms with E-state index in [0.29, 0.717) is 42.5 Å². The summed E-state index contributed by atoms with van der Waals surface area (Å²) in [6.07, 6.45) is 0. The summed E-state index contributed by atoms with van der Waals surface area (Å²) in [5.41, 5.74) is 1.06. The van der Waals surface area contributed by atoms with E-state index in [0.717, 1.165) is 5.39 Å². The molecule has 7 nitrogen and oxygen atoms in total. The summed E-state index contributed by atoms with van der Waals surface area (Å²) in [5, 5.41) is 4.00. The maximum absolute atomic E-state index is 13.0. The van der Waals surface area contributed by atoms with E-state index in [2.05, 4.69) is 5.32 Å². The number of benzene rings is 2. The number of ether oxygens (including phenoxy) is 1. The molecule has 0 spiro atoms. The van der Waals surface area contributed by atoms with Crippen LogP contribution in [0.4, 0.5) is 0 Å². The molecule has 0 atom stereocenters. The number of fused-ring (bicyclic) bond motifs is 1. The molecule has 0 aliphatic carbocycles. The summed E-state index contributed by atoms with van der Waals surface area (Å²) in [7, 11) is -3.67. The number of rotatable bonds is 5. The average Bonchev–Trinajstić information content (AvgIpc) is 3.16. The number of morpholine rings is 1. The molecule has 0 bridgehead atoms. The van der Waals surface area contributed by atoms with Crippen LogP contribution in [0.3, 0.4) is 0 Å². The molecule has 9 heteroatoms. The molecular formula is C20H19ClN2O5S. The molecule has 0 unspecified atom stereocenters. The second kappa shape index (κ2) is 8.16. The lowest BCUT2D eigenvalue weighted by molar-refractivity contribution is 0.0730. The van der Waals surface area contributed by atoms with Gasteiger partial charge in [-0.05, 0) is 35.9 Å². The first-order valence-corrected chi connectivity index (χ1v) is 10.9. The SMILES string of the molecule is O=C(NCc1ccccc1S(=O)(=O)N1CCOCC1)c1cc2cc(Cl)ccc2o1. The fourth-order valence-corrected chi connectivity index (χ4v) is 5.03. The van der Waals surface area contributed by atoms with Gasteiger partial charge in [0.2, 0.25) is 10.0 Å². The summed E-state index contributed by atoms with van der Waals surface area (Å²) >= 11 is 5.96. The Labute approximate surface area is 173 Å². The van der Waals surface area contributed by atoms with Crippen molar-refractivity contribution in [1.82, 2.24) is 9.62 Å². The van der Waals surface area contributed by atoms with Gasteiger partial charge >= 0.3 is 0 Å². The van der Waals surface area contributed by atoms with Gasteiger partial charge in [0.05, 0.1) is 18.1 Å². The molecule has 1 aromatic heterocycles. The molecule has 0 saturated carbocycles. The average molecular weight is 435 g/mol. The molecular weight excluding hydrogens is 416 g/mol. The van der Waals surface area contributed by atoms with Crippen LogP contribution in [-0.4, -0.2) is 44.9 Å². The predicted molar refractivity (Wildman–Crippen MR) is 108 cm³/mol. The summed E-state index contributed by atoms with van der Waals surface area (Å²) in [5.74, 6) is -0.299. The number of nitrogens with one attached hydrogen (secondary N) is 1. The molecule has 152 valence electrons. The number of nitrogens with zero attached hydrogens (tertiary/aromatic N) is 1. The molecule has 0 radical (unpaired) electrons. The maximum Gasteiger partial charge on any atom is 0.287 e. The summed E-state index contributed by atoms with van der Waals surface area (Å²) in [6, 6.07) is 13.3. The van der Waals surface area contributed by atoms with Crippen molar-refractivity contribution in [2.24, 2.45) is 0 Å². The highest BCUT2D eigenvalue weighted by molar-refractivity contribution is 7.89. The fraction of sp³-hybridized carbons (Fsp3) is 0.250. The van der Waals surface area contributed by atoms with E-state index in [-0.39, 0.29) is 17.2 Å². The highest BCUT2D eigenvalue weighted by Crippen LogP contribution is 2.24. The van der Waals surface area contributed by atoms with Gasteiger partial charge in [0.15, 0.2) is 5.76 Å². The number of hydrogen-bond donors (Lipinski definition) is 1. The van der Waals surface area contributed by atoms with E-state index in [1.165, 1.54) is 4.31 Å². The smallest absolute Gasteiger partial charge is 0.287 e. The normalized spacial score (nSPS) is 15.5. The second-order valence-electron chi connectivity index (χ2n) is 6.60. The zero-order chi connectivity index (χ0) is 20.4. The van der Waals surface area contributed by atoms with Gasteiger partial charge < -0.3 is 14.5 Å². The van der Waals surface area contributed by atoms with Crippen molar-refractivity contribution in [1.29, 1.82) is 0 Å². The Morgan fingerprint density at radius 3 is 2.66 bits per heavy atom. The van der Waals surface area contributed by atoms with E-state index >= 15 is 0 Å². The summed E-state index contributed by atoms with van der Waals surface area (Å²) in [6.45, 7) is 1.41. The predicted octanol–water partition coefficient (Wildman–Crippen LogP) is 3.04. The topological polar surface area (TPSA) is 88.9 Å². The van der Waals surface area contributed by atoms with Crippen molar-refractivity contribution in [2.75, 3.05) is 26.3 Å². The van der Waals surface area contributed by atoms with Crippen molar-refractivity contribution in [3.05, 3.63) is 64.9 Å². The molecule has 1 amide bonds. The van der Waals surface area contributed by atoms with Crippen molar-refractivity contribution < 1.29 is 22.4 Å². The second-order valence-corrected chi connectivity index (χ2v) is 8.94. The lowest BCUT2D eigenvalue weighted by Crippen LogP contribution is -2.41. The highest BCUT2D eigenvalue weighted by atomic mass is 35.5. The lowest BCUT2D eigenvalue weighted by Gasteiger charge is -2.27. The molecule has 1 N–H and O–H groups in total. The number of sulfonamides is 1. The minimum absolute atomic E-state index is 0.0520. The van der Waals surface area contributed by atoms with Crippen LogP contribution in [0, 0.1) is 0 Å². The van der Waals surface area contributed by atoms with Gasteiger partial charge in [-0.15, -0.1) is 0 Å². The van der Waals surface area contributed by atoms with Crippen LogP contribution in [0.1, 0.15) is 16.1 Å². The molecule has 3 aromatic rings. The van der Waals surface area contributed by atoms with Crippen LogP contribution in [0.2, 0.25) is 5.02 Å². The van der Waals surface area contributed by atoms with Gasteiger partial charge in [-0.3, -0.25) is 4.79 Å². The summed E-state index contributed by atoms with van der Waals surface area (Å²) in [4.78, 5) is 12.7. The van der Waals surface area contributed by atoms with E-state index in [1.807, 2.05) is 0 Å². The largest absolute Gasteiger partial charge is 0.451 e. The number of halogens is 1. The lowest BCUT2D eigenvalue weighted by atomic mass is 10.2. The number of amides is 1. The molecule has 1 aliphatic rings. The molecule has 2 aromatic carbocycles. The first-order valence-electron chi connectivity index (χ1n) is 9.08. The molecule has 1 saturated heterocycles. The molecule has 1 fully saturated rings. The van der Waals surface area contributed by atoms with Gasteiger partial charge in [-0.1, -0.05) is 29.8 Å². The Bertz CT molecular complexity index is 1150. The molecule has 2 heterocycles. The van der Waals surface area contributed by atoms with Crippen molar-refractivity contribution in [2.45, 2.75) is 11.4 Å². The van der Waals surface area contributed by atoms with E-state index < -0.39 is 15.9 Å². The van der Waals surface area contributed by atoms with Crippen molar-refractivity contribution in [3.63, 3.8) is 0 Å². The number of carbonyl (C=O) groups excluding carboxylic acids is 1.